The minimum Gasteiger partial charge on any atom is -0.454 e. The maximum absolute atomic E-state index is 13.8. The van der Waals surface area contributed by atoms with Gasteiger partial charge in [0.1, 0.15) is 5.56 Å². The first-order valence-corrected chi connectivity index (χ1v) is 12.7. The number of hydrogen-bond donors (Lipinski definition) is 0. The van der Waals surface area contributed by atoms with Gasteiger partial charge in [-0.2, -0.15) is 0 Å². The highest BCUT2D eigenvalue weighted by Crippen LogP contribution is 2.46. The lowest BCUT2D eigenvalue weighted by atomic mass is 10.0. The van der Waals surface area contributed by atoms with Gasteiger partial charge in [0.05, 0.1) is 18.3 Å². The maximum Gasteiger partial charge on any atom is 0.259 e. The zero-order valence-corrected chi connectivity index (χ0v) is 20.5. The van der Waals surface area contributed by atoms with Crippen LogP contribution in [0.15, 0.2) is 58.2 Å². The van der Waals surface area contributed by atoms with Crippen LogP contribution in [0.2, 0.25) is 0 Å². The number of carbonyl (C=O) groups excluding carboxylic acids is 1. The predicted octanol–water partition coefficient (Wildman–Crippen LogP) is 4.13. The van der Waals surface area contributed by atoms with Crippen molar-refractivity contribution in [3.05, 3.63) is 81.3 Å². The zero-order valence-electron chi connectivity index (χ0n) is 19.7. The molecule has 35 heavy (non-hydrogen) atoms. The monoisotopic (exact) mass is 490 g/mol. The van der Waals surface area contributed by atoms with Crippen molar-refractivity contribution >= 4 is 17.7 Å². The molecule has 3 aliphatic rings. The fraction of sp³-hybridized carbons (Fsp3) is 0.333. The van der Waals surface area contributed by atoms with Crippen LogP contribution in [0.4, 0.5) is 0 Å². The molecule has 0 saturated carbocycles. The summed E-state index contributed by atoms with van der Waals surface area (Å²) < 4.78 is 18.7. The molecule has 0 N–H and O–H groups in total. The molecule has 0 spiro atoms. The number of aryl methyl sites for hydroxylation is 1. The van der Waals surface area contributed by atoms with E-state index in [2.05, 4.69) is 10.6 Å². The van der Waals surface area contributed by atoms with Gasteiger partial charge >= 0.3 is 0 Å². The van der Waals surface area contributed by atoms with Gasteiger partial charge in [-0.3, -0.25) is 9.59 Å². The molecule has 3 aliphatic heterocycles. The molecule has 2 unspecified atom stereocenters. The topological polar surface area (TPSA) is 70.0 Å². The summed E-state index contributed by atoms with van der Waals surface area (Å²) in [5, 5.41) is -0.0210. The number of benzene rings is 2. The number of nitrogens with zero attached hydrogens (tertiary/aromatic N) is 2. The number of amides is 1. The molecular weight excluding hydrogens is 464 g/mol. The lowest BCUT2D eigenvalue weighted by molar-refractivity contribution is 0.0708. The first kappa shape index (κ1) is 22.2. The van der Waals surface area contributed by atoms with Crippen molar-refractivity contribution in [1.29, 1.82) is 0 Å². The predicted molar refractivity (Wildman–Crippen MR) is 133 cm³/mol. The number of fused-ring (bicyclic) bond motifs is 4. The maximum atomic E-state index is 13.8. The Labute approximate surface area is 207 Å². The summed E-state index contributed by atoms with van der Waals surface area (Å²) in [6.07, 6.45) is 1.29. The molecule has 1 fully saturated rings. The Morgan fingerprint density at radius 1 is 1.11 bits per heavy atom. The van der Waals surface area contributed by atoms with Crippen LogP contribution in [0.3, 0.4) is 0 Å². The van der Waals surface area contributed by atoms with E-state index >= 15 is 0 Å². The molecule has 8 heteroatoms. The number of thioether (sulfide) groups is 1. The third kappa shape index (κ3) is 3.81. The molecule has 4 heterocycles. The van der Waals surface area contributed by atoms with Gasteiger partial charge in [0.15, 0.2) is 16.9 Å². The Hall–Kier alpha value is -3.23. The van der Waals surface area contributed by atoms with Crippen LogP contribution in [0.1, 0.15) is 39.0 Å². The standard InChI is InChI=1S/C27H26N2O5S/c1-16-11-21(30)26(27(31)28(2)18-9-10-32-14-18)20-13-25(17-7-8-22-23(12-17)34-15-33-22)35-24-6-4-3-5-19(24)29(16)20/h3-8,11-12,18,25H,9-10,13-15H2,1-2H3. The van der Waals surface area contributed by atoms with Crippen LogP contribution in [0.5, 0.6) is 11.5 Å². The van der Waals surface area contributed by atoms with Crippen LogP contribution >= 0.6 is 11.8 Å². The normalized spacial score (nSPS) is 20.2. The molecular formula is C27H26N2O5S. The smallest absolute Gasteiger partial charge is 0.259 e. The Bertz CT molecular complexity index is 1380. The molecule has 2 atom stereocenters. The third-order valence-electron chi connectivity index (χ3n) is 7.01. The minimum atomic E-state index is -0.247. The molecule has 1 aromatic heterocycles. The summed E-state index contributed by atoms with van der Waals surface area (Å²) in [5.41, 5.74) is 3.60. The molecule has 1 saturated heterocycles. The Kier molecular flexibility index (Phi) is 5.57. The molecule has 1 amide bonds. The van der Waals surface area contributed by atoms with Crippen molar-refractivity contribution in [3.8, 4) is 17.2 Å². The van der Waals surface area contributed by atoms with Crippen LogP contribution < -0.4 is 14.9 Å². The minimum absolute atomic E-state index is 0.0210. The molecule has 0 radical (unpaired) electrons. The van der Waals surface area contributed by atoms with E-state index in [-0.39, 0.29) is 35.0 Å². The van der Waals surface area contributed by atoms with Crippen molar-refractivity contribution in [3.63, 3.8) is 0 Å². The van der Waals surface area contributed by atoms with Gasteiger partial charge < -0.3 is 23.7 Å². The van der Waals surface area contributed by atoms with E-state index < -0.39 is 0 Å². The van der Waals surface area contributed by atoms with Gasteiger partial charge in [-0.15, -0.1) is 11.8 Å². The molecule has 7 nitrogen and oxygen atoms in total. The van der Waals surface area contributed by atoms with Crippen LogP contribution in [0, 0.1) is 6.92 Å². The lowest BCUT2D eigenvalue weighted by Crippen LogP contribution is -2.41. The summed E-state index contributed by atoms with van der Waals surface area (Å²) in [6, 6.07) is 15.7. The molecule has 0 aliphatic carbocycles. The summed E-state index contributed by atoms with van der Waals surface area (Å²) in [7, 11) is 1.77. The highest BCUT2D eigenvalue weighted by Gasteiger charge is 2.33. The van der Waals surface area contributed by atoms with Gasteiger partial charge in [0, 0.05) is 47.7 Å². The highest BCUT2D eigenvalue weighted by atomic mass is 32.2. The number of likely N-dealkylation sites (N-methyl/N-ethyl adjacent to an activating group) is 1. The van der Waals surface area contributed by atoms with Crippen molar-refractivity contribution in [1.82, 2.24) is 9.47 Å². The second-order valence-corrected chi connectivity index (χ2v) is 10.4. The summed E-state index contributed by atoms with van der Waals surface area (Å²) in [4.78, 5) is 29.9. The molecule has 0 bridgehead atoms. The van der Waals surface area contributed by atoms with Gasteiger partial charge in [0.2, 0.25) is 6.79 Å². The van der Waals surface area contributed by atoms with E-state index in [1.54, 1.807) is 29.8 Å². The van der Waals surface area contributed by atoms with Crippen LogP contribution in [-0.2, 0) is 11.2 Å². The highest BCUT2D eigenvalue weighted by molar-refractivity contribution is 7.99. The van der Waals surface area contributed by atoms with E-state index in [0.29, 0.717) is 19.6 Å². The van der Waals surface area contributed by atoms with E-state index in [9.17, 15) is 9.59 Å². The third-order valence-corrected chi connectivity index (χ3v) is 8.33. The second kappa shape index (κ2) is 8.77. The summed E-state index contributed by atoms with van der Waals surface area (Å²) in [6.45, 7) is 3.27. The van der Waals surface area contributed by atoms with Gasteiger partial charge in [-0.25, -0.2) is 0 Å². The van der Waals surface area contributed by atoms with E-state index in [1.807, 2.05) is 43.3 Å². The van der Waals surface area contributed by atoms with E-state index in [0.717, 1.165) is 45.5 Å². The Balaban J connectivity index is 1.52. The van der Waals surface area contributed by atoms with Gasteiger partial charge in [0.25, 0.3) is 5.91 Å². The Morgan fingerprint density at radius 3 is 2.77 bits per heavy atom. The SMILES string of the molecule is Cc1cc(=O)c(C(=O)N(C)C2CCOC2)c2n1-c1ccccc1SC(c1ccc3c(c1)OCO3)C2. The first-order chi connectivity index (χ1) is 17.0. The van der Waals surface area contributed by atoms with Crippen molar-refractivity contribution < 1.29 is 19.0 Å². The molecule has 180 valence electrons. The molecule has 3 aromatic rings. The average molecular weight is 491 g/mol. The van der Waals surface area contributed by atoms with E-state index in [1.165, 1.54) is 0 Å². The quantitative estimate of drug-likeness (QED) is 0.550. The number of para-hydroxylation sites is 1. The molecule has 6 rings (SSSR count). The average Bonchev–Trinajstić information content (AvgIpc) is 3.52. The van der Waals surface area contributed by atoms with Crippen molar-refractivity contribution in [2.24, 2.45) is 0 Å². The lowest BCUT2D eigenvalue weighted by Gasteiger charge is -2.26. The number of carbonyl (C=O) groups is 1. The number of rotatable bonds is 3. The number of ether oxygens (including phenoxy) is 3. The van der Waals surface area contributed by atoms with Crippen LogP contribution in [-0.4, -0.2) is 48.5 Å². The Morgan fingerprint density at radius 2 is 1.94 bits per heavy atom. The second-order valence-electron chi connectivity index (χ2n) is 9.13. The van der Waals surface area contributed by atoms with Crippen LogP contribution in [0.25, 0.3) is 5.69 Å². The fourth-order valence-electron chi connectivity index (χ4n) is 5.13. The van der Waals surface area contributed by atoms with Gasteiger partial charge in [-0.05, 0) is 43.2 Å². The van der Waals surface area contributed by atoms with Crippen molar-refractivity contribution in [2.75, 3.05) is 27.1 Å². The summed E-state index contributed by atoms with van der Waals surface area (Å²) in [5.74, 6) is 1.21. The first-order valence-electron chi connectivity index (χ1n) is 11.8. The van der Waals surface area contributed by atoms with Gasteiger partial charge in [-0.1, -0.05) is 18.2 Å². The fourth-order valence-corrected chi connectivity index (χ4v) is 6.40. The van der Waals surface area contributed by atoms with Crippen molar-refractivity contribution in [2.45, 2.75) is 36.0 Å². The largest absolute Gasteiger partial charge is 0.454 e. The zero-order chi connectivity index (χ0) is 24.1. The molecule has 2 aromatic carbocycles. The number of pyridine rings is 1. The van der Waals surface area contributed by atoms with E-state index in [4.69, 9.17) is 14.2 Å². The summed E-state index contributed by atoms with van der Waals surface area (Å²) >= 11 is 1.74. The number of hydrogen-bond acceptors (Lipinski definition) is 6. The number of aromatic nitrogens is 1.